The fourth-order valence-electron chi connectivity index (χ4n) is 4.09. The molecule has 4 saturated carbocycles. The highest BCUT2D eigenvalue weighted by atomic mass is 16.5. The summed E-state index contributed by atoms with van der Waals surface area (Å²) in [6.45, 7) is 2.23. The predicted octanol–water partition coefficient (Wildman–Crippen LogP) is 0.698. The number of nitrogens with one attached hydrogen (secondary N) is 1. The lowest BCUT2D eigenvalue weighted by atomic mass is 9.95. The quantitative estimate of drug-likeness (QED) is 0.741. The Morgan fingerprint density at radius 1 is 1.50 bits per heavy atom. The molecule has 4 fully saturated rings. The summed E-state index contributed by atoms with van der Waals surface area (Å²) in [5.41, 5.74) is 0.413. The summed E-state index contributed by atoms with van der Waals surface area (Å²) >= 11 is 0. The summed E-state index contributed by atoms with van der Waals surface area (Å²) in [7, 11) is 1.25. The number of alkyl carbamates (subject to hydrolysis) is 1. The first-order chi connectivity index (χ1) is 7.51. The number of methoxy groups -OCH3 is 1. The van der Waals surface area contributed by atoms with Gasteiger partial charge >= 0.3 is 12.1 Å². The maximum Gasteiger partial charge on any atom is 0.407 e. The van der Waals surface area contributed by atoms with Crippen LogP contribution in [0.4, 0.5) is 4.79 Å². The molecule has 0 aromatic rings. The fraction of sp³-hybridized carbons (Fsp3) is 0.818. The third kappa shape index (κ3) is 0.961. The van der Waals surface area contributed by atoms with Gasteiger partial charge in [-0.2, -0.15) is 0 Å². The third-order valence-corrected chi connectivity index (χ3v) is 4.98. The van der Waals surface area contributed by atoms with Crippen LogP contribution in [0.25, 0.3) is 0 Å². The number of ether oxygens (including phenoxy) is 1. The van der Waals surface area contributed by atoms with Gasteiger partial charge in [0.1, 0.15) is 6.04 Å². The lowest BCUT2D eigenvalue weighted by Crippen LogP contribution is -2.45. The molecule has 6 atom stereocenters. The second-order valence-corrected chi connectivity index (χ2v) is 5.38. The van der Waals surface area contributed by atoms with Crippen molar-refractivity contribution in [1.29, 1.82) is 0 Å². The average Bonchev–Trinajstić information content (AvgIpc) is 2.89. The number of carbonyl (C=O) groups excluding carboxylic acids is 1. The molecule has 4 aliphatic carbocycles. The van der Waals surface area contributed by atoms with Crippen molar-refractivity contribution >= 4 is 12.1 Å². The molecule has 4 rings (SSSR count). The molecule has 0 aromatic heterocycles. The maximum atomic E-state index is 11.1. The molecule has 0 spiro atoms. The van der Waals surface area contributed by atoms with Crippen molar-refractivity contribution in [1.82, 2.24) is 5.32 Å². The number of rotatable bonds is 3. The molecule has 0 aliphatic heterocycles. The Hall–Kier alpha value is -1.26. The second-order valence-electron chi connectivity index (χ2n) is 5.38. The number of hydrogen-bond acceptors (Lipinski definition) is 3. The van der Waals surface area contributed by atoms with E-state index in [0.717, 1.165) is 12.3 Å². The summed E-state index contributed by atoms with van der Waals surface area (Å²) < 4.78 is 4.46. The lowest BCUT2D eigenvalue weighted by Gasteiger charge is -2.20. The van der Waals surface area contributed by atoms with Crippen molar-refractivity contribution in [3.8, 4) is 0 Å². The van der Waals surface area contributed by atoms with Crippen LogP contribution in [0.3, 0.4) is 0 Å². The van der Waals surface area contributed by atoms with Crippen molar-refractivity contribution < 1.29 is 19.4 Å². The van der Waals surface area contributed by atoms with Crippen LogP contribution in [0, 0.1) is 29.1 Å². The minimum absolute atomic E-state index is 0.0941. The summed E-state index contributed by atoms with van der Waals surface area (Å²) in [5, 5.41) is 11.6. The Morgan fingerprint density at radius 2 is 2.12 bits per heavy atom. The maximum absolute atomic E-state index is 11.1. The molecule has 2 N–H and O–H groups in total. The van der Waals surface area contributed by atoms with Gasteiger partial charge in [-0.1, -0.05) is 6.92 Å². The SMILES string of the molecule is COC(=O)NC(C(=O)O)C1CC2C3C1C23C. The van der Waals surface area contributed by atoms with Gasteiger partial charge in [-0.25, -0.2) is 9.59 Å². The summed E-state index contributed by atoms with van der Waals surface area (Å²) in [5.74, 6) is 1.10. The monoisotopic (exact) mass is 225 g/mol. The summed E-state index contributed by atoms with van der Waals surface area (Å²) in [6.07, 6.45) is 0.281. The van der Waals surface area contributed by atoms with E-state index in [1.54, 1.807) is 0 Å². The Bertz CT molecular complexity index is 376. The molecule has 5 heteroatoms. The molecule has 5 nitrogen and oxygen atoms in total. The zero-order valence-corrected chi connectivity index (χ0v) is 9.27. The molecule has 6 unspecified atom stereocenters. The highest BCUT2D eigenvalue weighted by Gasteiger charge is 2.89. The molecule has 0 aromatic carbocycles. The van der Waals surface area contributed by atoms with E-state index in [-0.39, 0.29) is 5.92 Å². The van der Waals surface area contributed by atoms with E-state index in [0.29, 0.717) is 17.3 Å². The Kier molecular flexibility index (Phi) is 1.68. The minimum atomic E-state index is -0.953. The average molecular weight is 225 g/mol. The van der Waals surface area contributed by atoms with Crippen LogP contribution in [-0.4, -0.2) is 30.3 Å². The normalized spacial score (nSPS) is 47.9. The lowest BCUT2D eigenvalue weighted by molar-refractivity contribution is -0.140. The Morgan fingerprint density at radius 3 is 2.50 bits per heavy atom. The van der Waals surface area contributed by atoms with Crippen LogP contribution in [0.15, 0.2) is 0 Å². The second kappa shape index (κ2) is 2.70. The van der Waals surface area contributed by atoms with Crippen molar-refractivity contribution in [2.45, 2.75) is 19.4 Å². The van der Waals surface area contributed by atoms with Gasteiger partial charge in [-0.15, -0.1) is 0 Å². The van der Waals surface area contributed by atoms with Crippen molar-refractivity contribution in [3.05, 3.63) is 0 Å². The fourth-order valence-corrected chi connectivity index (χ4v) is 4.09. The van der Waals surface area contributed by atoms with Crippen molar-refractivity contribution in [3.63, 3.8) is 0 Å². The number of amides is 1. The molecule has 0 saturated heterocycles. The van der Waals surface area contributed by atoms with E-state index in [1.807, 2.05) is 0 Å². The molecule has 0 heterocycles. The topological polar surface area (TPSA) is 75.6 Å². The van der Waals surface area contributed by atoms with Gasteiger partial charge in [0.2, 0.25) is 0 Å². The molecule has 1 amide bonds. The van der Waals surface area contributed by atoms with Gasteiger partial charge in [0.05, 0.1) is 7.11 Å². The smallest absolute Gasteiger partial charge is 0.407 e. The molecule has 2 bridgehead atoms. The van der Waals surface area contributed by atoms with Crippen LogP contribution in [0.1, 0.15) is 13.3 Å². The van der Waals surface area contributed by atoms with Gasteiger partial charge in [-0.3, -0.25) is 0 Å². The first kappa shape index (κ1) is 9.93. The van der Waals surface area contributed by atoms with Gasteiger partial charge in [-0.05, 0) is 35.5 Å². The number of fused-ring (bicyclic) bond motifs is 1. The summed E-state index contributed by atoms with van der Waals surface area (Å²) in [4.78, 5) is 22.2. The Balaban J connectivity index is 1.70. The first-order valence-corrected chi connectivity index (χ1v) is 5.59. The zero-order chi connectivity index (χ0) is 11.7. The van der Waals surface area contributed by atoms with Gasteiger partial charge in [0, 0.05) is 0 Å². The van der Waals surface area contributed by atoms with Gasteiger partial charge in [0.15, 0.2) is 0 Å². The first-order valence-electron chi connectivity index (χ1n) is 5.59. The molecule has 88 valence electrons. The molecule has 4 aliphatic rings. The number of carboxylic acid groups (broad SMARTS) is 1. The Labute approximate surface area is 93.2 Å². The van der Waals surface area contributed by atoms with Gasteiger partial charge in [0.25, 0.3) is 0 Å². The number of hydrogen-bond donors (Lipinski definition) is 2. The number of aliphatic carboxylic acids is 1. The van der Waals surface area contributed by atoms with E-state index in [1.165, 1.54) is 7.11 Å². The van der Waals surface area contributed by atoms with Crippen LogP contribution in [0.2, 0.25) is 0 Å². The standard InChI is InChI=1S/C11H15NO4/c1-11-5-3-4(6(11)7(5)11)8(9(13)14)12-10(15)16-2/h4-8H,3H2,1-2H3,(H,12,15)(H,13,14). The van der Waals surface area contributed by atoms with Crippen molar-refractivity contribution in [2.75, 3.05) is 7.11 Å². The van der Waals surface area contributed by atoms with Gasteiger partial charge < -0.3 is 15.2 Å². The van der Waals surface area contributed by atoms with E-state index in [9.17, 15) is 9.59 Å². The zero-order valence-electron chi connectivity index (χ0n) is 9.27. The van der Waals surface area contributed by atoms with E-state index in [2.05, 4.69) is 17.0 Å². The molecular weight excluding hydrogens is 210 g/mol. The van der Waals surface area contributed by atoms with Crippen molar-refractivity contribution in [2.24, 2.45) is 29.1 Å². The molecular formula is C11H15NO4. The van der Waals surface area contributed by atoms with Crippen LogP contribution >= 0.6 is 0 Å². The number of carboxylic acids is 1. The number of carbonyl (C=O) groups is 2. The van der Waals surface area contributed by atoms with Crippen LogP contribution in [-0.2, 0) is 9.53 Å². The van der Waals surface area contributed by atoms with Crippen LogP contribution in [0.5, 0.6) is 0 Å². The van der Waals surface area contributed by atoms with E-state index >= 15 is 0 Å². The highest BCUT2D eigenvalue weighted by Crippen LogP contribution is 2.92. The predicted molar refractivity (Wildman–Crippen MR) is 53.6 cm³/mol. The summed E-state index contributed by atoms with van der Waals surface area (Å²) in [6, 6.07) is -0.783. The largest absolute Gasteiger partial charge is 0.480 e. The minimum Gasteiger partial charge on any atom is -0.480 e. The highest BCUT2D eigenvalue weighted by molar-refractivity contribution is 5.80. The van der Waals surface area contributed by atoms with E-state index in [4.69, 9.17) is 5.11 Å². The third-order valence-electron chi connectivity index (χ3n) is 4.98. The molecule has 0 radical (unpaired) electrons. The van der Waals surface area contributed by atoms with Crippen LogP contribution < -0.4 is 5.32 Å². The van der Waals surface area contributed by atoms with E-state index < -0.39 is 18.1 Å². The molecule has 16 heavy (non-hydrogen) atoms.